The fourth-order valence-corrected chi connectivity index (χ4v) is 3.68. The van der Waals surface area contributed by atoms with Crippen molar-refractivity contribution in [3.8, 4) is 10.7 Å². The molecule has 0 aliphatic heterocycles. The second kappa shape index (κ2) is 9.98. The highest BCUT2D eigenvalue weighted by molar-refractivity contribution is 7.13. The number of carbonyl (C=O) groups is 1. The monoisotopic (exact) mass is 407 g/mol. The number of rotatable bonds is 9. The van der Waals surface area contributed by atoms with Crippen molar-refractivity contribution >= 4 is 28.8 Å². The summed E-state index contributed by atoms with van der Waals surface area (Å²) in [6.45, 7) is 8.18. The van der Waals surface area contributed by atoms with Gasteiger partial charge in [-0.15, -0.1) is 17.9 Å². The van der Waals surface area contributed by atoms with Crippen LogP contribution in [0, 0.1) is 0 Å². The molecule has 0 aliphatic rings. The maximum absolute atomic E-state index is 11.7. The number of hydrogen-bond acceptors (Lipinski definition) is 6. The van der Waals surface area contributed by atoms with Crippen LogP contribution < -0.4 is 5.32 Å². The maximum atomic E-state index is 11.7. The Bertz CT molecular complexity index is 967. The number of aryl methyl sites for hydroxylation is 1. The van der Waals surface area contributed by atoms with Crippen LogP contribution in [0.25, 0.3) is 10.7 Å². The number of thiophene rings is 1. The third-order valence-electron chi connectivity index (χ3n) is 4.39. The molecule has 2 heterocycles. The number of hydrogen-bond donors (Lipinski definition) is 1. The third-order valence-corrected chi connectivity index (χ3v) is 5.25. The van der Waals surface area contributed by atoms with E-state index in [0.717, 1.165) is 45.4 Å². The molecule has 1 N–H and O–H groups in total. The molecule has 6 heteroatoms. The van der Waals surface area contributed by atoms with Crippen LogP contribution in [0.5, 0.6) is 0 Å². The Morgan fingerprint density at radius 1 is 1.21 bits per heavy atom. The van der Waals surface area contributed by atoms with Crippen molar-refractivity contribution in [2.75, 3.05) is 11.9 Å². The zero-order valence-corrected chi connectivity index (χ0v) is 17.6. The number of carbonyl (C=O) groups excluding carboxylic acids is 1. The Kier molecular flexibility index (Phi) is 7.14. The SMILES string of the molecule is C=CCc1c(CC)nc(-c2cccs2)nc1Nc1ccc(CC(=O)OCC)cc1. The van der Waals surface area contributed by atoms with E-state index in [0.29, 0.717) is 13.0 Å². The van der Waals surface area contributed by atoms with Crippen molar-refractivity contribution in [3.05, 3.63) is 71.3 Å². The highest BCUT2D eigenvalue weighted by Crippen LogP contribution is 2.28. The summed E-state index contributed by atoms with van der Waals surface area (Å²) in [5.74, 6) is 1.30. The van der Waals surface area contributed by atoms with Gasteiger partial charge in [0.05, 0.1) is 17.9 Å². The normalized spacial score (nSPS) is 10.6. The summed E-state index contributed by atoms with van der Waals surface area (Å²) in [5.41, 5.74) is 3.89. The number of benzene rings is 1. The van der Waals surface area contributed by atoms with Gasteiger partial charge in [-0.05, 0) is 48.9 Å². The van der Waals surface area contributed by atoms with E-state index in [-0.39, 0.29) is 12.4 Å². The number of ether oxygens (including phenoxy) is 1. The van der Waals surface area contributed by atoms with Crippen molar-refractivity contribution in [1.29, 1.82) is 0 Å². The van der Waals surface area contributed by atoms with E-state index in [9.17, 15) is 4.79 Å². The molecular weight excluding hydrogens is 382 g/mol. The molecule has 3 rings (SSSR count). The van der Waals surface area contributed by atoms with Crippen molar-refractivity contribution in [3.63, 3.8) is 0 Å². The topological polar surface area (TPSA) is 64.1 Å². The molecule has 0 atom stereocenters. The predicted octanol–water partition coefficient (Wildman–Crippen LogP) is 5.35. The largest absolute Gasteiger partial charge is 0.466 e. The molecule has 0 spiro atoms. The molecule has 0 bridgehead atoms. The van der Waals surface area contributed by atoms with Gasteiger partial charge in [-0.3, -0.25) is 4.79 Å². The highest BCUT2D eigenvalue weighted by Gasteiger charge is 2.15. The molecule has 150 valence electrons. The smallest absolute Gasteiger partial charge is 0.310 e. The molecule has 2 aromatic heterocycles. The lowest BCUT2D eigenvalue weighted by molar-refractivity contribution is -0.142. The van der Waals surface area contributed by atoms with E-state index in [4.69, 9.17) is 14.7 Å². The fourth-order valence-electron chi connectivity index (χ4n) is 3.02. The second-order valence-electron chi connectivity index (χ2n) is 6.45. The Morgan fingerprint density at radius 2 is 2.00 bits per heavy atom. The lowest BCUT2D eigenvalue weighted by atomic mass is 10.1. The number of esters is 1. The number of anilines is 2. The van der Waals surface area contributed by atoms with Gasteiger partial charge in [-0.25, -0.2) is 9.97 Å². The Labute approximate surface area is 175 Å². The summed E-state index contributed by atoms with van der Waals surface area (Å²) in [6, 6.07) is 11.8. The van der Waals surface area contributed by atoms with Crippen molar-refractivity contribution in [2.24, 2.45) is 0 Å². The summed E-state index contributed by atoms with van der Waals surface area (Å²) in [4.78, 5) is 22.3. The van der Waals surface area contributed by atoms with Crippen LogP contribution in [0.4, 0.5) is 11.5 Å². The lowest BCUT2D eigenvalue weighted by Gasteiger charge is -2.15. The van der Waals surface area contributed by atoms with Crippen molar-refractivity contribution in [2.45, 2.75) is 33.1 Å². The van der Waals surface area contributed by atoms with E-state index in [1.807, 2.05) is 54.8 Å². The van der Waals surface area contributed by atoms with Crippen molar-refractivity contribution in [1.82, 2.24) is 9.97 Å². The minimum absolute atomic E-state index is 0.217. The molecule has 0 radical (unpaired) electrons. The minimum atomic E-state index is -0.217. The number of allylic oxidation sites excluding steroid dienone is 1. The van der Waals surface area contributed by atoms with Gasteiger partial charge in [0.25, 0.3) is 0 Å². The van der Waals surface area contributed by atoms with Crippen LogP contribution >= 0.6 is 11.3 Å². The zero-order chi connectivity index (χ0) is 20.6. The van der Waals surface area contributed by atoms with Crippen molar-refractivity contribution < 1.29 is 9.53 Å². The predicted molar refractivity (Wildman–Crippen MR) is 119 cm³/mol. The summed E-state index contributed by atoms with van der Waals surface area (Å²) in [6.07, 6.45) is 3.65. The molecule has 0 fully saturated rings. The molecule has 3 aromatic rings. The minimum Gasteiger partial charge on any atom is -0.466 e. The fraction of sp³-hybridized carbons (Fsp3) is 0.261. The quantitative estimate of drug-likeness (QED) is 0.383. The summed E-state index contributed by atoms with van der Waals surface area (Å²) >= 11 is 1.62. The zero-order valence-electron chi connectivity index (χ0n) is 16.8. The molecular formula is C23H25N3O2S. The van der Waals surface area contributed by atoms with E-state index >= 15 is 0 Å². The van der Waals surface area contributed by atoms with E-state index < -0.39 is 0 Å². The summed E-state index contributed by atoms with van der Waals surface area (Å²) < 4.78 is 5.01. The average Bonchev–Trinajstić information content (AvgIpc) is 3.26. The van der Waals surface area contributed by atoms with Gasteiger partial charge in [-0.1, -0.05) is 31.2 Å². The lowest BCUT2D eigenvalue weighted by Crippen LogP contribution is -2.08. The maximum Gasteiger partial charge on any atom is 0.310 e. The van der Waals surface area contributed by atoms with Crippen LogP contribution in [0.15, 0.2) is 54.4 Å². The third kappa shape index (κ3) is 5.29. The number of nitrogens with zero attached hydrogens (tertiary/aromatic N) is 2. The molecule has 0 aliphatic carbocycles. The molecule has 0 unspecified atom stereocenters. The Balaban J connectivity index is 1.89. The second-order valence-corrected chi connectivity index (χ2v) is 7.40. The molecule has 29 heavy (non-hydrogen) atoms. The van der Waals surface area contributed by atoms with Gasteiger partial charge >= 0.3 is 5.97 Å². The van der Waals surface area contributed by atoms with E-state index in [2.05, 4.69) is 18.8 Å². The Morgan fingerprint density at radius 3 is 2.62 bits per heavy atom. The molecule has 5 nitrogen and oxygen atoms in total. The van der Waals surface area contributed by atoms with Gasteiger partial charge in [0, 0.05) is 16.9 Å². The first-order valence-corrected chi connectivity index (χ1v) is 10.6. The molecule has 1 aromatic carbocycles. The first-order chi connectivity index (χ1) is 14.1. The van der Waals surface area contributed by atoms with Gasteiger partial charge in [0.2, 0.25) is 0 Å². The molecule has 0 amide bonds. The van der Waals surface area contributed by atoms with Crippen LogP contribution in [-0.2, 0) is 28.8 Å². The first kappa shape index (κ1) is 20.7. The van der Waals surface area contributed by atoms with Crippen LogP contribution in [0.3, 0.4) is 0 Å². The molecule has 0 saturated carbocycles. The summed E-state index contributed by atoms with van der Waals surface area (Å²) in [7, 11) is 0. The van der Waals surface area contributed by atoms with Crippen LogP contribution in [0.1, 0.15) is 30.7 Å². The van der Waals surface area contributed by atoms with E-state index in [1.165, 1.54) is 0 Å². The highest BCUT2D eigenvalue weighted by atomic mass is 32.1. The molecule has 0 saturated heterocycles. The average molecular weight is 408 g/mol. The standard InChI is InChI=1S/C23H25N3O2S/c1-4-8-18-19(5-2)25-23(20-9-7-14-29-20)26-22(18)24-17-12-10-16(11-13-17)15-21(27)28-6-3/h4,7,9-14H,1,5-6,8,15H2,2-3H3,(H,24,25,26). The van der Waals surface area contributed by atoms with Crippen LogP contribution in [-0.4, -0.2) is 22.5 Å². The number of nitrogens with one attached hydrogen (secondary N) is 1. The first-order valence-electron chi connectivity index (χ1n) is 9.70. The number of aromatic nitrogens is 2. The van der Waals surface area contributed by atoms with Gasteiger partial charge in [-0.2, -0.15) is 0 Å². The Hall–Kier alpha value is -2.99. The van der Waals surface area contributed by atoms with Crippen LogP contribution in [0.2, 0.25) is 0 Å². The van der Waals surface area contributed by atoms with Gasteiger partial charge < -0.3 is 10.1 Å². The van der Waals surface area contributed by atoms with E-state index in [1.54, 1.807) is 11.3 Å². The van der Waals surface area contributed by atoms with Gasteiger partial charge in [0.15, 0.2) is 5.82 Å². The summed E-state index contributed by atoms with van der Waals surface area (Å²) in [5, 5.41) is 5.45. The van der Waals surface area contributed by atoms with Gasteiger partial charge in [0.1, 0.15) is 5.82 Å².